The molecule has 0 radical (unpaired) electrons. The maximum atomic E-state index is 13.1. The van der Waals surface area contributed by atoms with Crippen molar-refractivity contribution in [3.8, 4) is 11.5 Å². The van der Waals surface area contributed by atoms with E-state index in [9.17, 15) is 8.42 Å². The van der Waals surface area contributed by atoms with Crippen LogP contribution in [-0.4, -0.2) is 37.5 Å². The van der Waals surface area contributed by atoms with Gasteiger partial charge in [0.2, 0.25) is 0 Å². The van der Waals surface area contributed by atoms with Gasteiger partial charge in [0, 0.05) is 12.1 Å². The van der Waals surface area contributed by atoms with Gasteiger partial charge in [0.15, 0.2) is 11.4 Å². The first kappa shape index (κ1) is 20.5. The van der Waals surface area contributed by atoms with E-state index in [1.807, 2.05) is 6.92 Å². The van der Waals surface area contributed by atoms with Gasteiger partial charge >= 0.3 is 0 Å². The van der Waals surface area contributed by atoms with Crippen molar-refractivity contribution in [2.45, 2.75) is 18.7 Å². The normalized spacial score (nSPS) is 11.5. The number of aryl methyl sites for hydroxylation is 1. The van der Waals surface area contributed by atoms with E-state index in [0.717, 1.165) is 5.56 Å². The molecule has 4 rings (SSSR count). The first-order chi connectivity index (χ1) is 14.9. The Bertz CT molecular complexity index is 1320. The summed E-state index contributed by atoms with van der Waals surface area (Å²) in [6.45, 7) is 3.99. The number of H-pyrrole nitrogens is 1. The molecule has 31 heavy (non-hydrogen) atoms. The van der Waals surface area contributed by atoms with E-state index >= 15 is 0 Å². The Labute approximate surface area is 178 Å². The molecule has 0 fully saturated rings. The highest BCUT2D eigenvalue weighted by atomic mass is 32.2. The van der Waals surface area contributed by atoms with Crippen LogP contribution in [0.15, 0.2) is 52.0 Å². The minimum Gasteiger partial charge on any atom is -0.495 e. The molecular weight excluding hydrogens is 422 g/mol. The van der Waals surface area contributed by atoms with Crippen LogP contribution in [0.5, 0.6) is 11.5 Å². The molecule has 0 bridgehead atoms. The van der Waals surface area contributed by atoms with E-state index in [2.05, 4.69) is 25.4 Å². The van der Waals surface area contributed by atoms with Gasteiger partial charge in [0.1, 0.15) is 22.2 Å². The molecule has 2 aromatic heterocycles. The van der Waals surface area contributed by atoms with Crippen molar-refractivity contribution in [2.75, 3.05) is 23.8 Å². The molecule has 0 spiro atoms. The zero-order chi connectivity index (χ0) is 22.0. The number of hydrogen-bond acceptors (Lipinski definition) is 8. The van der Waals surface area contributed by atoms with Crippen LogP contribution in [0.1, 0.15) is 12.5 Å². The van der Waals surface area contributed by atoms with Crippen molar-refractivity contribution in [3.05, 3.63) is 48.2 Å². The standard InChI is InChI=1S/C20H21N5O5S/c1-4-29-17-9-12(2)5-6-18(17)31(26,27)25-20-13-10-16(28-3)14(11-15(13)30-24-20)22-19-7-8-21-23-19/h5-11H,4H2,1-3H3,(H,24,25)(H2,21,22,23). The number of methoxy groups -OCH3 is 1. The van der Waals surface area contributed by atoms with Crippen molar-refractivity contribution in [3.63, 3.8) is 0 Å². The van der Waals surface area contributed by atoms with Crippen molar-refractivity contribution >= 4 is 38.3 Å². The lowest BCUT2D eigenvalue weighted by molar-refractivity contribution is 0.331. The van der Waals surface area contributed by atoms with Crippen LogP contribution in [0.4, 0.5) is 17.3 Å². The van der Waals surface area contributed by atoms with E-state index < -0.39 is 10.0 Å². The minimum atomic E-state index is -3.98. The van der Waals surface area contributed by atoms with Crippen molar-refractivity contribution in [1.82, 2.24) is 15.4 Å². The third kappa shape index (κ3) is 4.12. The van der Waals surface area contributed by atoms with Crippen LogP contribution in [0.3, 0.4) is 0 Å². The van der Waals surface area contributed by atoms with Gasteiger partial charge in [-0.2, -0.15) is 5.10 Å². The second-order valence-electron chi connectivity index (χ2n) is 6.66. The van der Waals surface area contributed by atoms with Gasteiger partial charge in [-0.15, -0.1) is 0 Å². The van der Waals surface area contributed by atoms with E-state index in [-0.39, 0.29) is 16.5 Å². The van der Waals surface area contributed by atoms with Crippen LogP contribution in [-0.2, 0) is 10.0 Å². The largest absolute Gasteiger partial charge is 0.495 e. The molecule has 11 heteroatoms. The highest BCUT2D eigenvalue weighted by molar-refractivity contribution is 7.92. The fraction of sp³-hybridized carbons (Fsp3) is 0.200. The van der Waals surface area contributed by atoms with E-state index in [1.54, 1.807) is 43.5 Å². The number of nitrogens with zero attached hydrogens (tertiary/aromatic N) is 2. The summed E-state index contributed by atoms with van der Waals surface area (Å²) in [4.78, 5) is 0.0144. The van der Waals surface area contributed by atoms with Crippen molar-refractivity contribution in [2.24, 2.45) is 0 Å². The lowest BCUT2D eigenvalue weighted by Crippen LogP contribution is -2.15. The minimum absolute atomic E-state index is 0.0144. The summed E-state index contributed by atoms with van der Waals surface area (Å²) in [5.41, 5.74) is 1.85. The SMILES string of the molecule is CCOc1cc(C)ccc1S(=O)(=O)Nc1noc2cc(Nc3ccn[nH]3)c(OC)cc12. The van der Waals surface area contributed by atoms with Crippen LogP contribution in [0.2, 0.25) is 0 Å². The molecule has 0 aliphatic carbocycles. The molecule has 0 unspecified atom stereocenters. The van der Waals surface area contributed by atoms with Gasteiger partial charge in [0.25, 0.3) is 10.0 Å². The molecule has 0 atom stereocenters. The number of anilines is 3. The second kappa shape index (κ2) is 8.19. The number of rotatable bonds is 8. The summed E-state index contributed by atoms with van der Waals surface area (Å²) in [5, 5.41) is 14.1. The smallest absolute Gasteiger partial charge is 0.266 e. The number of fused-ring (bicyclic) bond motifs is 1. The maximum Gasteiger partial charge on any atom is 0.266 e. The lowest BCUT2D eigenvalue weighted by Gasteiger charge is -2.12. The van der Waals surface area contributed by atoms with E-state index in [1.165, 1.54) is 13.2 Å². The number of sulfonamides is 1. The zero-order valence-corrected chi connectivity index (χ0v) is 17.9. The van der Waals surface area contributed by atoms with Gasteiger partial charge in [-0.3, -0.25) is 9.82 Å². The summed E-state index contributed by atoms with van der Waals surface area (Å²) in [7, 11) is -2.47. The molecule has 0 saturated carbocycles. The second-order valence-corrected chi connectivity index (χ2v) is 8.31. The van der Waals surface area contributed by atoms with Crippen LogP contribution < -0.4 is 19.5 Å². The third-order valence-corrected chi connectivity index (χ3v) is 5.86. The Morgan fingerprint density at radius 1 is 1.16 bits per heavy atom. The number of aromatic nitrogens is 3. The topological polar surface area (TPSA) is 131 Å². The van der Waals surface area contributed by atoms with Crippen LogP contribution in [0.25, 0.3) is 11.0 Å². The number of aromatic amines is 1. The monoisotopic (exact) mass is 443 g/mol. The van der Waals surface area contributed by atoms with Gasteiger partial charge in [0.05, 0.1) is 31.0 Å². The van der Waals surface area contributed by atoms with Crippen molar-refractivity contribution in [1.29, 1.82) is 0 Å². The highest BCUT2D eigenvalue weighted by Crippen LogP contribution is 2.36. The fourth-order valence-corrected chi connectivity index (χ4v) is 4.20. The molecule has 162 valence electrons. The first-order valence-electron chi connectivity index (χ1n) is 9.41. The molecule has 0 saturated heterocycles. The molecule has 10 nitrogen and oxygen atoms in total. The van der Waals surface area contributed by atoms with E-state index in [0.29, 0.717) is 34.8 Å². The number of nitrogens with one attached hydrogen (secondary N) is 3. The zero-order valence-electron chi connectivity index (χ0n) is 17.1. The lowest BCUT2D eigenvalue weighted by atomic mass is 10.2. The molecule has 3 N–H and O–H groups in total. The van der Waals surface area contributed by atoms with Gasteiger partial charge < -0.3 is 19.3 Å². The summed E-state index contributed by atoms with van der Waals surface area (Å²) in [5.74, 6) is 1.44. The molecule has 0 amide bonds. The Balaban J connectivity index is 1.70. The Morgan fingerprint density at radius 2 is 2.00 bits per heavy atom. The van der Waals surface area contributed by atoms with Crippen molar-refractivity contribution < 1.29 is 22.4 Å². The third-order valence-electron chi connectivity index (χ3n) is 4.48. The van der Waals surface area contributed by atoms with Gasteiger partial charge in [-0.05, 0) is 37.6 Å². The Kier molecular flexibility index (Phi) is 5.42. The predicted molar refractivity (Wildman–Crippen MR) is 116 cm³/mol. The van der Waals surface area contributed by atoms with Crippen LogP contribution in [0, 0.1) is 6.92 Å². The molecule has 0 aliphatic rings. The number of benzene rings is 2. The van der Waals surface area contributed by atoms with Gasteiger partial charge in [-0.1, -0.05) is 11.2 Å². The summed E-state index contributed by atoms with van der Waals surface area (Å²) >= 11 is 0. The molecule has 2 aromatic carbocycles. The molecule has 0 aliphatic heterocycles. The fourth-order valence-electron chi connectivity index (χ4n) is 3.06. The average molecular weight is 443 g/mol. The maximum absolute atomic E-state index is 13.1. The van der Waals surface area contributed by atoms with Gasteiger partial charge in [-0.25, -0.2) is 8.42 Å². The van der Waals surface area contributed by atoms with E-state index in [4.69, 9.17) is 14.0 Å². The van der Waals surface area contributed by atoms with Crippen LogP contribution >= 0.6 is 0 Å². The average Bonchev–Trinajstić information content (AvgIpc) is 3.37. The Morgan fingerprint density at radius 3 is 2.71 bits per heavy atom. The number of hydrogen-bond donors (Lipinski definition) is 3. The predicted octanol–water partition coefficient (Wildman–Crippen LogP) is 3.81. The summed E-state index contributed by atoms with van der Waals surface area (Å²) in [6.07, 6.45) is 1.61. The molecule has 4 aromatic rings. The summed E-state index contributed by atoms with van der Waals surface area (Å²) in [6, 6.07) is 9.93. The number of ether oxygens (including phenoxy) is 2. The first-order valence-corrected chi connectivity index (χ1v) is 10.9. The summed E-state index contributed by atoms with van der Waals surface area (Å²) < 4.78 is 44.9. The quantitative estimate of drug-likeness (QED) is 0.375. The molecule has 2 heterocycles. The Hall–Kier alpha value is -3.73. The highest BCUT2D eigenvalue weighted by Gasteiger charge is 2.23. The molecular formula is C20H21N5O5S.